The Balaban J connectivity index is 3.81. The van der Waals surface area contributed by atoms with E-state index in [1.165, 1.54) is 13.4 Å². The third-order valence-electron chi connectivity index (χ3n) is 1.62. The molecule has 0 bridgehead atoms. The average Bonchev–Trinajstić information content (AvgIpc) is 2.41. The first-order valence-corrected chi connectivity index (χ1v) is 6.82. The summed E-state index contributed by atoms with van der Waals surface area (Å²) in [6.45, 7) is 2.74. The second-order valence-electron chi connectivity index (χ2n) is 3.22. The summed E-state index contributed by atoms with van der Waals surface area (Å²) in [5.41, 5.74) is 5.18. The topological polar surface area (TPSA) is 102 Å². The summed E-state index contributed by atoms with van der Waals surface area (Å²) < 4.78 is 24.8. The van der Waals surface area contributed by atoms with E-state index in [1.54, 1.807) is 6.08 Å². The number of allylic oxidation sites excluding steroid dienone is 1. The number of rotatable bonds is 13. The Morgan fingerprint density at radius 2 is 2.16 bits per heavy atom. The molecule has 8 nitrogen and oxygen atoms in total. The average molecular weight is 299 g/mol. The smallest absolute Gasteiger partial charge is 0.360 e. The standard InChI is InChI=1S/C10H22NO7P/c1-3-5-14-7-10(15-9-13-2)8-17-19(12)18-16-6-4-11/h3,5,10,12H,4,6-9,11H2,1-2H3. The molecule has 0 rings (SSSR count). The van der Waals surface area contributed by atoms with Gasteiger partial charge in [-0.15, -0.1) is 0 Å². The van der Waals surface area contributed by atoms with Crippen molar-refractivity contribution in [1.29, 1.82) is 0 Å². The normalized spacial score (nSPS) is 14.7. The van der Waals surface area contributed by atoms with Crippen LogP contribution in [-0.2, 0) is 28.3 Å². The van der Waals surface area contributed by atoms with E-state index in [9.17, 15) is 4.89 Å². The Morgan fingerprint density at radius 3 is 2.79 bits per heavy atom. The van der Waals surface area contributed by atoms with Crippen molar-refractivity contribution in [1.82, 2.24) is 0 Å². The molecule has 2 unspecified atom stereocenters. The first-order valence-electron chi connectivity index (χ1n) is 5.69. The van der Waals surface area contributed by atoms with Gasteiger partial charge in [-0.1, -0.05) is 6.08 Å². The van der Waals surface area contributed by atoms with Crippen LogP contribution in [0.15, 0.2) is 12.3 Å². The van der Waals surface area contributed by atoms with Crippen LogP contribution in [-0.4, -0.2) is 51.3 Å². The van der Waals surface area contributed by atoms with E-state index in [2.05, 4.69) is 9.56 Å². The summed E-state index contributed by atoms with van der Waals surface area (Å²) >= 11 is 0. The summed E-state index contributed by atoms with van der Waals surface area (Å²) in [6.07, 6.45) is 2.88. The van der Waals surface area contributed by atoms with Crippen LogP contribution in [0.5, 0.6) is 0 Å². The molecule has 19 heavy (non-hydrogen) atoms. The highest BCUT2D eigenvalue weighted by Gasteiger charge is 2.15. The predicted octanol–water partition coefficient (Wildman–Crippen LogP) is 0.668. The van der Waals surface area contributed by atoms with Crippen LogP contribution in [0, 0.1) is 0 Å². The fourth-order valence-electron chi connectivity index (χ4n) is 0.867. The minimum absolute atomic E-state index is 0.0785. The number of nitrogens with two attached hydrogens (primary N) is 1. The molecule has 0 aromatic rings. The maximum atomic E-state index is 9.33. The molecule has 114 valence electrons. The first kappa shape index (κ1) is 18.7. The van der Waals surface area contributed by atoms with Crippen LogP contribution in [0.1, 0.15) is 6.92 Å². The predicted molar refractivity (Wildman–Crippen MR) is 68.7 cm³/mol. The molecule has 0 saturated heterocycles. The van der Waals surface area contributed by atoms with Crippen molar-refractivity contribution in [3.63, 3.8) is 0 Å². The van der Waals surface area contributed by atoms with Gasteiger partial charge in [0.05, 0.1) is 19.5 Å². The zero-order chi connectivity index (χ0) is 14.3. The maximum absolute atomic E-state index is 9.33. The van der Waals surface area contributed by atoms with Gasteiger partial charge in [-0.25, -0.2) is 4.89 Å². The highest BCUT2D eigenvalue weighted by molar-refractivity contribution is 7.40. The third-order valence-corrected chi connectivity index (χ3v) is 2.23. The summed E-state index contributed by atoms with van der Waals surface area (Å²) in [5.74, 6) is 0. The second kappa shape index (κ2) is 14.1. The van der Waals surface area contributed by atoms with Crippen LogP contribution in [0.2, 0.25) is 0 Å². The van der Waals surface area contributed by atoms with E-state index in [0.717, 1.165) is 0 Å². The van der Waals surface area contributed by atoms with Crippen molar-refractivity contribution in [3.05, 3.63) is 12.3 Å². The Labute approximate surface area is 114 Å². The molecule has 9 heteroatoms. The van der Waals surface area contributed by atoms with Gasteiger partial charge in [0, 0.05) is 13.7 Å². The molecule has 0 radical (unpaired) electrons. The molecule has 0 amide bonds. The van der Waals surface area contributed by atoms with Gasteiger partial charge in [-0.2, -0.15) is 4.67 Å². The highest BCUT2D eigenvalue weighted by atomic mass is 31.2. The van der Waals surface area contributed by atoms with Crippen molar-refractivity contribution in [2.45, 2.75) is 13.0 Å². The molecule has 0 heterocycles. The summed E-state index contributed by atoms with van der Waals surface area (Å²) in [6, 6.07) is 0. The van der Waals surface area contributed by atoms with E-state index in [4.69, 9.17) is 24.5 Å². The molecule has 0 aliphatic rings. The quantitative estimate of drug-likeness (QED) is 0.128. The largest absolute Gasteiger partial charge is 0.499 e. The lowest BCUT2D eigenvalue weighted by Crippen LogP contribution is -2.25. The molecule has 0 aromatic heterocycles. The van der Waals surface area contributed by atoms with Crippen LogP contribution < -0.4 is 5.73 Å². The van der Waals surface area contributed by atoms with Crippen molar-refractivity contribution in [3.8, 4) is 0 Å². The minimum atomic E-state index is -2.13. The van der Waals surface area contributed by atoms with E-state index < -0.39 is 14.7 Å². The zero-order valence-corrected chi connectivity index (χ0v) is 12.1. The molecule has 0 aromatic carbocycles. The van der Waals surface area contributed by atoms with Gasteiger partial charge in [0.25, 0.3) is 0 Å². The SMILES string of the molecule is CC=COCC(COP(O)OOCCN)OCOC. The molecular formula is C10H22NO7P. The van der Waals surface area contributed by atoms with Gasteiger partial charge >= 0.3 is 8.60 Å². The summed E-state index contributed by atoms with van der Waals surface area (Å²) in [7, 11) is -0.623. The van der Waals surface area contributed by atoms with Gasteiger partial charge in [0.1, 0.15) is 19.5 Å². The first-order chi connectivity index (χ1) is 9.24. The third kappa shape index (κ3) is 12.5. The van der Waals surface area contributed by atoms with Crippen LogP contribution in [0.25, 0.3) is 0 Å². The van der Waals surface area contributed by atoms with Gasteiger partial charge in [-0.3, -0.25) is 0 Å². The Bertz CT molecular complexity index is 220. The number of hydrogen-bond acceptors (Lipinski definition) is 8. The monoisotopic (exact) mass is 299 g/mol. The van der Waals surface area contributed by atoms with Crippen LogP contribution in [0.3, 0.4) is 0 Å². The van der Waals surface area contributed by atoms with Gasteiger partial charge in [0.15, 0.2) is 0 Å². The second-order valence-corrected chi connectivity index (χ2v) is 4.10. The van der Waals surface area contributed by atoms with Crippen molar-refractivity contribution < 1.29 is 33.2 Å². The summed E-state index contributed by atoms with van der Waals surface area (Å²) in [4.78, 5) is 13.9. The fourth-order valence-corrected chi connectivity index (χ4v) is 1.37. The minimum Gasteiger partial charge on any atom is -0.499 e. The van der Waals surface area contributed by atoms with E-state index in [-0.39, 0.29) is 26.6 Å². The number of hydrogen-bond donors (Lipinski definition) is 2. The molecule has 2 atom stereocenters. The number of methoxy groups -OCH3 is 1. The Kier molecular flexibility index (Phi) is 13.9. The maximum Gasteiger partial charge on any atom is 0.360 e. The molecule has 0 saturated carbocycles. The molecule has 0 aliphatic heterocycles. The van der Waals surface area contributed by atoms with Crippen LogP contribution in [0.4, 0.5) is 0 Å². The Hall–Kier alpha value is -0.310. The lowest BCUT2D eigenvalue weighted by Gasteiger charge is -2.18. The Morgan fingerprint density at radius 1 is 1.37 bits per heavy atom. The van der Waals surface area contributed by atoms with E-state index in [1.807, 2.05) is 6.92 Å². The lowest BCUT2D eigenvalue weighted by atomic mass is 10.4. The molecule has 0 fully saturated rings. The van der Waals surface area contributed by atoms with Crippen molar-refractivity contribution in [2.75, 3.05) is 40.3 Å². The lowest BCUT2D eigenvalue weighted by molar-refractivity contribution is -0.214. The van der Waals surface area contributed by atoms with Crippen molar-refractivity contribution >= 4 is 8.60 Å². The number of ether oxygens (including phenoxy) is 3. The fraction of sp³-hybridized carbons (Fsp3) is 0.800. The van der Waals surface area contributed by atoms with E-state index in [0.29, 0.717) is 6.54 Å². The molecule has 3 N–H and O–H groups in total. The molecule has 0 spiro atoms. The van der Waals surface area contributed by atoms with Gasteiger partial charge in [-0.05, 0) is 6.92 Å². The summed E-state index contributed by atoms with van der Waals surface area (Å²) in [5, 5.41) is 0. The van der Waals surface area contributed by atoms with E-state index >= 15 is 0 Å². The molecular weight excluding hydrogens is 277 g/mol. The molecule has 0 aliphatic carbocycles. The van der Waals surface area contributed by atoms with Crippen molar-refractivity contribution in [2.24, 2.45) is 5.73 Å². The van der Waals surface area contributed by atoms with Gasteiger partial charge < -0.3 is 29.4 Å². The zero-order valence-electron chi connectivity index (χ0n) is 11.2. The van der Waals surface area contributed by atoms with Gasteiger partial charge in [0.2, 0.25) is 0 Å². The van der Waals surface area contributed by atoms with Crippen LogP contribution >= 0.6 is 8.60 Å². The highest BCUT2D eigenvalue weighted by Crippen LogP contribution is 2.33.